The maximum atomic E-state index is 12.4. The van der Waals surface area contributed by atoms with Crippen molar-refractivity contribution in [1.29, 1.82) is 0 Å². The fraction of sp³-hybridized carbons (Fsp3) is 0.273. The van der Waals surface area contributed by atoms with Gasteiger partial charge in [-0.05, 0) is 24.1 Å². The number of nitrogens with one attached hydrogen (secondary N) is 2. The van der Waals surface area contributed by atoms with Crippen molar-refractivity contribution in [1.82, 2.24) is 15.3 Å². The van der Waals surface area contributed by atoms with Crippen molar-refractivity contribution in [3.63, 3.8) is 0 Å². The van der Waals surface area contributed by atoms with Gasteiger partial charge in [-0.1, -0.05) is 11.6 Å². The molecular weight excluding hydrogens is 245 g/mol. The van der Waals surface area contributed by atoms with Gasteiger partial charge in [0.15, 0.2) is 0 Å². The topological polar surface area (TPSA) is 57.8 Å². The molecule has 0 saturated heterocycles. The summed E-state index contributed by atoms with van der Waals surface area (Å²) in [6.07, 6.45) is 4.13. The molecule has 2 rings (SSSR count). The van der Waals surface area contributed by atoms with Gasteiger partial charge in [-0.3, -0.25) is 4.79 Å². The number of aromatic nitrogens is 2. The van der Waals surface area contributed by atoms with Crippen molar-refractivity contribution >= 4 is 28.5 Å². The van der Waals surface area contributed by atoms with Crippen molar-refractivity contribution < 1.29 is 9.18 Å². The predicted octanol–water partition coefficient (Wildman–Crippen LogP) is 1.76. The Morgan fingerprint density at radius 3 is 3.24 bits per heavy atom. The summed E-state index contributed by atoms with van der Waals surface area (Å²) in [6, 6.07) is 3.78. The van der Waals surface area contributed by atoms with Crippen molar-refractivity contribution in [3.8, 4) is 0 Å². The number of carbonyl (C=O) groups excluding carboxylic acids is 1. The van der Waals surface area contributed by atoms with Crippen molar-refractivity contribution in [2.75, 3.05) is 6.54 Å². The summed E-state index contributed by atoms with van der Waals surface area (Å²) in [6.45, 7) is 0.341. The highest BCUT2D eigenvalue weighted by atomic mass is 35.5. The molecule has 17 heavy (non-hydrogen) atoms. The Hall–Kier alpha value is -1.62. The smallest absolute Gasteiger partial charge is 0.270 e. The fourth-order valence-electron chi connectivity index (χ4n) is 1.62. The van der Waals surface area contributed by atoms with Crippen LogP contribution >= 0.6 is 11.6 Å². The van der Waals surface area contributed by atoms with E-state index in [2.05, 4.69) is 15.3 Å². The molecule has 2 aromatic heterocycles. The van der Waals surface area contributed by atoms with Crippen LogP contribution in [0.1, 0.15) is 5.56 Å². The standard InChI is InChI=1S/C11H11ClFN3O/c12-9(13)11(17)15-5-3-7-6-16-10-8(7)2-1-4-14-10/h1-2,4,6,9H,3,5H2,(H,14,16)(H,15,17). The average Bonchev–Trinajstić information content (AvgIpc) is 2.72. The van der Waals surface area contributed by atoms with Crippen molar-refractivity contribution in [2.24, 2.45) is 0 Å². The van der Waals surface area contributed by atoms with E-state index >= 15 is 0 Å². The fourth-order valence-corrected chi connectivity index (χ4v) is 1.69. The Bertz CT molecular complexity index is 526. The Morgan fingerprint density at radius 2 is 2.47 bits per heavy atom. The van der Waals surface area contributed by atoms with Crippen LogP contribution in [0, 0.1) is 0 Å². The molecule has 0 aromatic carbocycles. The molecule has 4 nitrogen and oxygen atoms in total. The molecule has 1 atom stereocenters. The summed E-state index contributed by atoms with van der Waals surface area (Å²) in [5, 5.41) is 3.41. The van der Waals surface area contributed by atoms with Gasteiger partial charge in [-0.2, -0.15) is 0 Å². The van der Waals surface area contributed by atoms with E-state index in [4.69, 9.17) is 11.6 Å². The molecule has 0 aliphatic carbocycles. The summed E-state index contributed by atoms with van der Waals surface area (Å²) in [4.78, 5) is 18.1. The maximum absolute atomic E-state index is 12.4. The monoisotopic (exact) mass is 255 g/mol. The molecule has 0 aliphatic heterocycles. The third kappa shape index (κ3) is 2.74. The molecule has 2 aromatic rings. The second kappa shape index (κ2) is 5.14. The van der Waals surface area contributed by atoms with Crippen molar-refractivity contribution in [2.45, 2.75) is 12.1 Å². The molecule has 6 heteroatoms. The number of hydrogen-bond donors (Lipinski definition) is 2. The highest BCUT2D eigenvalue weighted by Gasteiger charge is 2.12. The number of aromatic amines is 1. The van der Waals surface area contributed by atoms with E-state index in [1.165, 1.54) is 0 Å². The predicted molar refractivity (Wildman–Crippen MR) is 63.6 cm³/mol. The van der Waals surface area contributed by atoms with Crippen LogP contribution in [0.3, 0.4) is 0 Å². The third-order valence-corrected chi connectivity index (χ3v) is 2.63. The van der Waals surface area contributed by atoms with E-state index in [9.17, 15) is 9.18 Å². The summed E-state index contributed by atoms with van der Waals surface area (Å²) in [7, 11) is 0. The molecule has 0 fully saturated rings. The first kappa shape index (κ1) is 11.9. The van der Waals surface area contributed by atoms with Crippen LogP contribution in [0.25, 0.3) is 11.0 Å². The van der Waals surface area contributed by atoms with Crippen molar-refractivity contribution in [3.05, 3.63) is 30.1 Å². The Labute approximate surface area is 102 Å². The summed E-state index contributed by atoms with van der Waals surface area (Å²) in [5.41, 5.74) is -0.160. The molecule has 0 saturated carbocycles. The minimum absolute atomic E-state index is 0.341. The molecular formula is C11H11ClFN3O. The van der Waals surface area contributed by atoms with Crippen LogP contribution in [0.4, 0.5) is 4.39 Å². The van der Waals surface area contributed by atoms with Crippen LogP contribution in [0.15, 0.2) is 24.5 Å². The number of halogens is 2. The molecule has 2 N–H and O–H groups in total. The quantitative estimate of drug-likeness (QED) is 0.818. The van der Waals surface area contributed by atoms with E-state index < -0.39 is 11.5 Å². The molecule has 2 heterocycles. The summed E-state index contributed by atoms with van der Waals surface area (Å²) >= 11 is 4.99. The number of carbonyl (C=O) groups is 1. The number of amides is 1. The lowest BCUT2D eigenvalue weighted by atomic mass is 10.1. The minimum atomic E-state index is -1.99. The van der Waals surface area contributed by atoms with E-state index in [1.54, 1.807) is 6.20 Å². The minimum Gasteiger partial charge on any atom is -0.352 e. The van der Waals surface area contributed by atoms with Crippen LogP contribution in [-0.4, -0.2) is 28.1 Å². The molecule has 1 amide bonds. The number of fused-ring (bicyclic) bond motifs is 1. The zero-order valence-corrected chi connectivity index (χ0v) is 9.67. The van der Waals surface area contributed by atoms with E-state index in [0.29, 0.717) is 13.0 Å². The van der Waals surface area contributed by atoms with Crippen LogP contribution in [-0.2, 0) is 11.2 Å². The molecule has 0 aliphatic rings. The zero-order chi connectivity index (χ0) is 12.3. The average molecular weight is 256 g/mol. The number of hydrogen-bond acceptors (Lipinski definition) is 2. The lowest BCUT2D eigenvalue weighted by molar-refractivity contribution is -0.123. The van der Waals surface area contributed by atoms with Gasteiger partial charge < -0.3 is 10.3 Å². The Kier molecular flexibility index (Phi) is 3.58. The lowest BCUT2D eigenvalue weighted by Crippen LogP contribution is -2.30. The van der Waals surface area contributed by atoms with Gasteiger partial charge in [0.2, 0.25) is 0 Å². The number of nitrogens with zero attached hydrogens (tertiary/aromatic N) is 1. The molecule has 0 radical (unpaired) electrons. The number of alkyl halides is 2. The number of H-pyrrole nitrogens is 1. The zero-order valence-electron chi connectivity index (χ0n) is 8.91. The molecule has 0 bridgehead atoms. The normalized spacial score (nSPS) is 12.6. The second-order valence-electron chi connectivity index (χ2n) is 3.56. The van der Waals surface area contributed by atoms with Crippen LogP contribution < -0.4 is 5.32 Å². The van der Waals surface area contributed by atoms with Crippen LogP contribution in [0.2, 0.25) is 0 Å². The SMILES string of the molecule is O=C(NCCc1c[nH]c2ncccc12)C(F)Cl. The van der Waals surface area contributed by atoms with Gasteiger partial charge in [0.05, 0.1) is 0 Å². The van der Waals surface area contributed by atoms with Gasteiger partial charge in [0.1, 0.15) is 5.65 Å². The van der Waals surface area contributed by atoms with E-state index in [-0.39, 0.29) is 0 Å². The Balaban J connectivity index is 1.98. The highest BCUT2D eigenvalue weighted by molar-refractivity contribution is 6.29. The first-order chi connectivity index (χ1) is 8.18. The number of pyridine rings is 1. The molecule has 0 spiro atoms. The van der Waals surface area contributed by atoms with Gasteiger partial charge in [0, 0.05) is 24.3 Å². The van der Waals surface area contributed by atoms with Gasteiger partial charge >= 0.3 is 0 Å². The van der Waals surface area contributed by atoms with Crippen LogP contribution in [0.5, 0.6) is 0 Å². The summed E-state index contributed by atoms with van der Waals surface area (Å²) < 4.78 is 12.4. The second-order valence-corrected chi connectivity index (χ2v) is 3.94. The first-order valence-electron chi connectivity index (χ1n) is 5.15. The Morgan fingerprint density at radius 1 is 1.65 bits per heavy atom. The maximum Gasteiger partial charge on any atom is 0.270 e. The van der Waals surface area contributed by atoms with E-state index in [0.717, 1.165) is 16.6 Å². The first-order valence-corrected chi connectivity index (χ1v) is 5.59. The number of rotatable bonds is 4. The van der Waals surface area contributed by atoms with E-state index in [1.807, 2.05) is 18.3 Å². The van der Waals surface area contributed by atoms with Gasteiger partial charge in [0.25, 0.3) is 11.5 Å². The largest absolute Gasteiger partial charge is 0.352 e. The lowest BCUT2D eigenvalue weighted by Gasteiger charge is -2.03. The van der Waals surface area contributed by atoms with Gasteiger partial charge in [-0.15, -0.1) is 0 Å². The molecule has 1 unspecified atom stereocenters. The summed E-state index contributed by atoms with van der Waals surface area (Å²) in [5.74, 6) is -0.801. The van der Waals surface area contributed by atoms with Gasteiger partial charge in [-0.25, -0.2) is 9.37 Å². The third-order valence-electron chi connectivity index (χ3n) is 2.43. The molecule has 90 valence electrons. The highest BCUT2D eigenvalue weighted by Crippen LogP contribution is 2.15.